The molecule has 0 saturated heterocycles. The van der Waals surface area contributed by atoms with E-state index in [1.54, 1.807) is 13.1 Å². The number of carbonyl (C=O) groups excluding carboxylic acids is 1. The van der Waals surface area contributed by atoms with Gasteiger partial charge in [0.25, 0.3) is 5.91 Å². The number of halogens is 4. The van der Waals surface area contributed by atoms with E-state index >= 15 is 0 Å². The van der Waals surface area contributed by atoms with Crippen LogP contribution >= 0.6 is 0 Å². The average molecular weight is 371 g/mol. The van der Waals surface area contributed by atoms with Gasteiger partial charge in [0.2, 0.25) is 5.60 Å². The van der Waals surface area contributed by atoms with Crippen molar-refractivity contribution in [3.8, 4) is 5.69 Å². The molecule has 0 spiro atoms. The molecule has 3 rings (SSSR count). The van der Waals surface area contributed by atoms with Crippen LogP contribution in [0.1, 0.15) is 31.0 Å². The van der Waals surface area contributed by atoms with Crippen molar-refractivity contribution < 1.29 is 27.5 Å². The number of hydrogen-bond acceptors (Lipinski definition) is 3. The van der Waals surface area contributed by atoms with E-state index in [0.29, 0.717) is 23.9 Å². The molecule has 1 aliphatic heterocycles. The molecule has 1 N–H and O–H groups in total. The Hall–Kier alpha value is -2.42. The van der Waals surface area contributed by atoms with Gasteiger partial charge in [-0.15, -0.1) is 0 Å². The van der Waals surface area contributed by atoms with E-state index in [1.165, 1.54) is 28.9 Å². The van der Waals surface area contributed by atoms with Crippen molar-refractivity contribution in [2.24, 2.45) is 0 Å². The van der Waals surface area contributed by atoms with Crippen LogP contribution in [0.5, 0.6) is 0 Å². The Bertz CT molecular complexity index is 828. The summed E-state index contributed by atoms with van der Waals surface area (Å²) in [6.07, 6.45) is -3.47. The zero-order chi connectivity index (χ0) is 19.3. The number of fused-ring (bicyclic) bond motifs is 1. The van der Waals surface area contributed by atoms with E-state index in [2.05, 4.69) is 5.10 Å². The molecule has 9 heteroatoms. The molecule has 140 valence electrons. The lowest BCUT2D eigenvalue weighted by molar-refractivity contribution is -0.250. The van der Waals surface area contributed by atoms with Crippen LogP contribution in [0.4, 0.5) is 17.6 Å². The van der Waals surface area contributed by atoms with Crippen molar-refractivity contribution in [1.29, 1.82) is 0 Å². The van der Waals surface area contributed by atoms with Gasteiger partial charge in [-0.2, -0.15) is 18.3 Å². The highest BCUT2D eigenvalue weighted by atomic mass is 19.4. The van der Waals surface area contributed by atoms with Crippen LogP contribution < -0.4 is 0 Å². The van der Waals surface area contributed by atoms with Crippen molar-refractivity contribution in [2.45, 2.75) is 38.1 Å². The van der Waals surface area contributed by atoms with Crippen molar-refractivity contribution in [3.63, 3.8) is 0 Å². The lowest BCUT2D eigenvalue weighted by Gasteiger charge is -2.35. The molecule has 1 unspecified atom stereocenters. The molecule has 26 heavy (non-hydrogen) atoms. The maximum absolute atomic E-state index is 13.1. The average Bonchev–Trinajstić information content (AvgIpc) is 2.98. The van der Waals surface area contributed by atoms with Crippen LogP contribution in [0.2, 0.25) is 0 Å². The Kier molecular flexibility index (Phi) is 4.30. The maximum Gasteiger partial charge on any atom is 0.426 e. The van der Waals surface area contributed by atoms with Gasteiger partial charge >= 0.3 is 6.18 Å². The highest BCUT2D eigenvalue weighted by Crippen LogP contribution is 2.35. The number of aromatic nitrogens is 2. The molecular formula is C17H17F4N3O2. The number of aliphatic hydroxyl groups is 1. The van der Waals surface area contributed by atoms with Gasteiger partial charge in [-0.25, -0.2) is 9.07 Å². The summed E-state index contributed by atoms with van der Waals surface area (Å²) < 4.78 is 53.4. The Morgan fingerprint density at radius 3 is 2.46 bits per heavy atom. The first-order valence-corrected chi connectivity index (χ1v) is 7.93. The molecule has 0 bridgehead atoms. The lowest BCUT2D eigenvalue weighted by Crippen LogP contribution is -2.57. The second-order valence-corrected chi connectivity index (χ2v) is 6.62. The number of amides is 1. The summed E-state index contributed by atoms with van der Waals surface area (Å²) in [7, 11) is 0. The zero-order valence-electron chi connectivity index (χ0n) is 14.1. The summed E-state index contributed by atoms with van der Waals surface area (Å²) in [5.41, 5.74) is -1.62. The predicted octanol–water partition coefficient (Wildman–Crippen LogP) is 2.77. The van der Waals surface area contributed by atoms with Crippen LogP contribution in [-0.2, 0) is 11.3 Å². The minimum absolute atomic E-state index is 0.0124. The maximum atomic E-state index is 13.1. The van der Waals surface area contributed by atoms with E-state index in [1.807, 2.05) is 0 Å². The Balaban J connectivity index is 1.89. The number of alkyl halides is 3. The number of benzene rings is 1. The number of nitrogens with zero attached hydrogens (tertiary/aromatic N) is 3. The van der Waals surface area contributed by atoms with E-state index < -0.39 is 23.5 Å². The highest BCUT2D eigenvalue weighted by Gasteiger charge is 2.57. The summed E-state index contributed by atoms with van der Waals surface area (Å²) in [5.74, 6) is -2.10. The molecule has 1 aromatic carbocycles. The summed E-state index contributed by atoms with van der Waals surface area (Å²) in [5, 5.41) is 14.1. The van der Waals surface area contributed by atoms with E-state index in [0.717, 1.165) is 4.90 Å². The summed E-state index contributed by atoms with van der Waals surface area (Å²) in [4.78, 5) is 13.2. The van der Waals surface area contributed by atoms with Gasteiger partial charge in [-0.05, 0) is 31.2 Å². The van der Waals surface area contributed by atoms with Crippen LogP contribution in [0, 0.1) is 5.82 Å². The van der Waals surface area contributed by atoms with Gasteiger partial charge < -0.3 is 10.0 Å². The predicted molar refractivity (Wildman–Crippen MR) is 84.0 cm³/mol. The molecule has 5 nitrogen and oxygen atoms in total. The summed E-state index contributed by atoms with van der Waals surface area (Å²) in [6.45, 7) is 2.12. The standard InChI is InChI=1S/C17H17F4N3O2/c1-10-7-23(15(25)16(2,26)17(19,20)21)8-11-9-24(22-14(10)11)13-5-3-12(18)4-6-13/h3-6,9-10,26H,7-8H2,1-2H3/t10?,16-/m1/s1. The molecule has 0 radical (unpaired) electrons. The largest absolute Gasteiger partial charge is 0.426 e. The van der Waals surface area contributed by atoms with Crippen LogP contribution in [0.15, 0.2) is 30.5 Å². The van der Waals surface area contributed by atoms with Crippen LogP contribution in [-0.4, -0.2) is 44.0 Å². The number of hydrogen-bond donors (Lipinski definition) is 1. The first-order valence-electron chi connectivity index (χ1n) is 7.93. The molecule has 0 fully saturated rings. The molecule has 2 heterocycles. The normalized spacial score (nSPS) is 19.8. The summed E-state index contributed by atoms with van der Waals surface area (Å²) >= 11 is 0. The van der Waals surface area contributed by atoms with E-state index in [9.17, 15) is 27.5 Å². The van der Waals surface area contributed by atoms with Gasteiger partial charge in [0.05, 0.1) is 11.4 Å². The molecular weight excluding hydrogens is 354 g/mol. The molecule has 0 aliphatic carbocycles. The molecule has 2 atom stereocenters. The fourth-order valence-electron chi connectivity index (χ4n) is 2.96. The van der Waals surface area contributed by atoms with Crippen molar-refractivity contribution in [3.05, 3.63) is 47.5 Å². The SMILES string of the molecule is CC1CN(C(=O)[C@@](C)(O)C(F)(F)F)Cc2cn(-c3ccc(F)cc3)nc21. The molecule has 1 amide bonds. The minimum atomic E-state index is -5.06. The van der Waals surface area contributed by atoms with Gasteiger partial charge in [0.15, 0.2) is 0 Å². The first kappa shape index (κ1) is 18.4. The third-order valence-electron chi connectivity index (χ3n) is 4.49. The fraction of sp³-hybridized carbons (Fsp3) is 0.412. The molecule has 1 aliphatic rings. The fourth-order valence-corrected chi connectivity index (χ4v) is 2.96. The van der Waals surface area contributed by atoms with Crippen LogP contribution in [0.3, 0.4) is 0 Å². The third-order valence-corrected chi connectivity index (χ3v) is 4.49. The lowest BCUT2D eigenvalue weighted by atomic mass is 9.96. The Morgan fingerprint density at radius 2 is 1.88 bits per heavy atom. The third kappa shape index (κ3) is 3.07. The smallest absolute Gasteiger partial charge is 0.373 e. The van der Waals surface area contributed by atoms with Crippen molar-refractivity contribution >= 4 is 5.91 Å². The topological polar surface area (TPSA) is 58.4 Å². The second-order valence-electron chi connectivity index (χ2n) is 6.62. The zero-order valence-corrected chi connectivity index (χ0v) is 14.1. The van der Waals surface area contributed by atoms with Gasteiger partial charge in [0, 0.05) is 30.8 Å². The van der Waals surface area contributed by atoms with Gasteiger partial charge in [0.1, 0.15) is 5.82 Å². The first-order chi connectivity index (χ1) is 12.0. The van der Waals surface area contributed by atoms with Gasteiger partial charge in [-0.3, -0.25) is 4.79 Å². The monoisotopic (exact) mass is 371 g/mol. The van der Waals surface area contributed by atoms with Gasteiger partial charge in [-0.1, -0.05) is 6.92 Å². The van der Waals surface area contributed by atoms with Crippen molar-refractivity contribution in [1.82, 2.24) is 14.7 Å². The second kappa shape index (κ2) is 6.08. The van der Waals surface area contributed by atoms with E-state index in [4.69, 9.17) is 0 Å². The minimum Gasteiger partial charge on any atom is -0.373 e. The number of carbonyl (C=O) groups is 1. The van der Waals surface area contributed by atoms with E-state index in [-0.39, 0.29) is 19.0 Å². The molecule has 0 saturated carbocycles. The molecule has 1 aromatic heterocycles. The molecule has 2 aromatic rings. The van der Waals surface area contributed by atoms with Crippen LogP contribution in [0.25, 0.3) is 5.69 Å². The Labute approximate surface area is 146 Å². The van der Waals surface area contributed by atoms with Crippen molar-refractivity contribution in [2.75, 3.05) is 6.54 Å². The summed E-state index contributed by atoms with van der Waals surface area (Å²) in [6, 6.07) is 5.59. The quantitative estimate of drug-likeness (QED) is 0.826. The number of rotatable bonds is 2. The highest BCUT2D eigenvalue weighted by molar-refractivity contribution is 5.85. The Morgan fingerprint density at radius 1 is 1.27 bits per heavy atom.